The van der Waals surface area contributed by atoms with Crippen LogP contribution < -0.4 is 0 Å². The Hall–Kier alpha value is -1.94. The van der Waals surface area contributed by atoms with Gasteiger partial charge in [0, 0.05) is 25.7 Å². The topological polar surface area (TPSA) is 237 Å². The zero-order valence-electron chi connectivity index (χ0n) is 64.3. The molecule has 0 spiro atoms. The van der Waals surface area contributed by atoms with E-state index in [0.717, 1.165) is 114 Å². The third kappa shape index (κ3) is 71.1. The van der Waals surface area contributed by atoms with E-state index in [0.29, 0.717) is 25.7 Å². The molecule has 6 atom stereocenters. The molecule has 0 saturated heterocycles. The van der Waals surface area contributed by atoms with E-state index in [1.807, 2.05) is 0 Å². The van der Waals surface area contributed by atoms with E-state index in [-0.39, 0.29) is 25.7 Å². The number of carbonyl (C=O) groups excluding carboxylic acids is 4. The average molecular weight is 1440 g/mol. The fourth-order valence-electron chi connectivity index (χ4n) is 12.1. The standard InChI is InChI=1S/C79H154O17P2/c1-8-10-11-12-13-14-15-16-17-20-23-28-33-38-46-53-60-76(81)89-66-74(95-78(83)62-55-48-39-34-29-24-21-18-19-22-26-31-36-43-50-57-70(3)4)68-93-97(85,86)91-64-73(80)65-92-98(87,88)94-69-75(67-90-77(82)61-54-47-42-41-45-52-59-72(7)9-2)96-79(84)63-56-49-40-35-30-25-27-32-37-44-51-58-71(5)6/h70-75,80H,8-69H2,1-7H3,(H,85,86)(H,87,88)/t72?,73-,74-,75-/m1/s1. The minimum atomic E-state index is -4.96. The zero-order chi connectivity index (χ0) is 72.3. The molecule has 0 aromatic carbocycles. The average Bonchev–Trinajstić information content (AvgIpc) is 0.974. The first kappa shape index (κ1) is 96.1. The van der Waals surface area contributed by atoms with Crippen LogP contribution in [0.2, 0.25) is 0 Å². The number of unbranched alkanes of at least 4 members (excludes halogenated alkanes) is 44. The fourth-order valence-corrected chi connectivity index (χ4v) is 13.7. The summed E-state index contributed by atoms with van der Waals surface area (Å²) in [5.74, 6) is 0.185. The van der Waals surface area contributed by atoms with Crippen molar-refractivity contribution >= 4 is 39.5 Å². The predicted octanol–water partition coefficient (Wildman–Crippen LogP) is 23.4. The summed E-state index contributed by atoms with van der Waals surface area (Å²) in [5, 5.41) is 10.6. The summed E-state index contributed by atoms with van der Waals surface area (Å²) < 4.78 is 68.7. The Morgan fingerprint density at radius 1 is 0.296 bits per heavy atom. The van der Waals surface area contributed by atoms with Gasteiger partial charge in [-0.3, -0.25) is 37.3 Å². The van der Waals surface area contributed by atoms with Gasteiger partial charge < -0.3 is 33.8 Å². The molecule has 0 aromatic heterocycles. The van der Waals surface area contributed by atoms with Gasteiger partial charge in [0.15, 0.2) is 12.2 Å². The second kappa shape index (κ2) is 69.4. The summed E-state index contributed by atoms with van der Waals surface area (Å²) in [6.45, 7) is 11.9. The highest BCUT2D eigenvalue weighted by atomic mass is 31.2. The van der Waals surface area contributed by atoms with Crippen molar-refractivity contribution in [1.82, 2.24) is 0 Å². The van der Waals surface area contributed by atoms with Gasteiger partial charge in [0.1, 0.15) is 19.3 Å². The number of ether oxygens (including phenoxy) is 4. The largest absolute Gasteiger partial charge is 0.472 e. The van der Waals surface area contributed by atoms with Gasteiger partial charge >= 0.3 is 39.5 Å². The van der Waals surface area contributed by atoms with Crippen LogP contribution in [0.4, 0.5) is 0 Å². The monoisotopic (exact) mass is 1440 g/mol. The van der Waals surface area contributed by atoms with Crippen molar-refractivity contribution in [3.63, 3.8) is 0 Å². The number of aliphatic hydroxyl groups excluding tert-OH is 1. The highest BCUT2D eigenvalue weighted by molar-refractivity contribution is 7.47. The molecule has 0 saturated carbocycles. The lowest BCUT2D eigenvalue weighted by Crippen LogP contribution is -2.30. The Labute approximate surface area is 600 Å². The predicted molar refractivity (Wildman–Crippen MR) is 400 cm³/mol. The van der Waals surface area contributed by atoms with Crippen molar-refractivity contribution < 1.29 is 80.2 Å². The van der Waals surface area contributed by atoms with Gasteiger partial charge in [0.2, 0.25) is 0 Å². The highest BCUT2D eigenvalue weighted by Crippen LogP contribution is 2.45. The van der Waals surface area contributed by atoms with Crippen molar-refractivity contribution in [2.24, 2.45) is 17.8 Å². The van der Waals surface area contributed by atoms with Crippen LogP contribution in [0, 0.1) is 17.8 Å². The molecular weight excluding hydrogens is 1280 g/mol. The molecule has 0 heterocycles. The number of hydrogen-bond donors (Lipinski definition) is 3. The van der Waals surface area contributed by atoms with Crippen LogP contribution in [0.15, 0.2) is 0 Å². The Balaban J connectivity index is 5.25. The van der Waals surface area contributed by atoms with E-state index >= 15 is 0 Å². The Kier molecular flexibility index (Phi) is 68.1. The quantitative estimate of drug-likeness (QED) is 0.0222. The van der Waals surface area contributed by atoms with E-state index in [4.69, 9.17) is 37.0 Å². The molecule has 3 unspecified atom stereocenters. The molecule has 582 valence electrons. The maximum Gasteiger partial charge on any atom is 0.472 e. The van der Waals surface area contributed by atoms with Crippen LogP contribution >= 0.6 is 15.6 Å². The lowest BCUT2D eigenvalue weighted by atomic mass is 10.00. The van der Waals surface area contributed by atoms with Crippen LogP contribution in [0.1, 0.15) is 408 Å². The third-order valence-electron chi connectivity index (χ3n) is 18.7. The first-order chi connectivity index (χ1) is 47.3. The van der Waals surface area contributed by atoms with Crippen LogP contribution in [-0.4, -0.2) is 96.7 Å². The summed E-state index contributed by atoms with van der Waals surface area (Å²) >= 11 is 0. The van der Waals surface area contributed by atoms with Crippen LogP contribution in [0.5, 0.6) is 0 Å². The Morgan fingerprint density at radius 3 is 0.776 bits per heavy atom. The first-order valence-corrected chi connectivity index (χ1v) is 43.9. The molecule has 17 nitrogen and oxygen atoms in total. The van der Waals surface area contributed by atoms with Crippen molar-refractivity contribution in [3.8, 4) is 0 Å². The number of aliphatic hydroxyl groups is 1. The minimum absolute atomic E-state index is 0.106. The van der Waals surface area contributed by atoms with Gasteiger partial charge in [-0.15, -0.1) is 0 Å². The number of phosphoric acid groups is 2. The summed E-state index contributed by atoms with van der Waals surface area (Å²) in [6, 6.07) is 0. The lowest BCUT2D eigenvalue weighted by molar-refractivity contribution is -0.161. The van der Waals surface area contributed by atoms with Gasteiger partial charge in [-0.25, -0.2) is 9.13 Å². The molecule has 19 heteroatoms. The van der Waals surface area contributed by atoms with Crippen molar-refractivity contribution in [2.45, 2.75) is 426 Å². The molecule has 98 heavy (non-hydrogen) atoms. The molecular formula is C79H154O17P2. The molecule has 0 aromatic rings. The van der Waals surface area contributed by atoms with Crippen LogP contribution in [-0.2, 0) is 65.4 Å². The molecule has 0 rings (SSSR count). The zero-order valence-corrected chi connectivity index (χ0v) is 66.0. The molecule has 0 aliphatic carbocycles. The summed E-state index contributed by atoms with van der Waals surface area (Å²) in [4.78, 5) is 73.0. The second-order valence-corrected chi connectivity index (χ2v) is 32.6. The second-order valence-electron chi connectivity index (χ2n) is 29.6. The molecule has 0 aliphatic rings. The molecule has 0 fully saturated rings. The molecule has 0 bridgehead atoms. The van der Waals surface area contributed by atoms with Gasteiger partial charge in [-0.05, 0) is 43.4 Å². The van der Waals surface area contributed by atoms with E-state index in [1.165, 1.54) is 212 Å². The number of carbonyl (C=O) groups is 4. The van der Waals surface area contributed by atoms with E-state index in [2.05, 4.69) is 48.5 Å². The van der Waals surface area contributed by atoms with Gasteiger partial charge in [0.05, 0.1) is 26.4 Å². The number of rotatable bonds is 77. The number of esters is 4. The van der Waals surface area contributed by atoms with E-state index in [9.17, 15) is 43.2 Å². The van der Waals surface area contributed by atoms with Crippen molar-refractivity contribution in [1.29, 1.82) is 0 Å². The summed E-state index contributed by atoms with van der Waals surface area (Å²) in [7, 11) is -9.92. The van der Waals surface area contributed by atoms with Gasteiger partial charge in [-0.2, -0.15) is 0 Å². The SMILES string of the molecule is CCCCCCCCCCCCCCCCCCC(=O)OC[C@H](COP(=O)(O)OC[C@@H](O)COP(=O)(O)OC[C@@H](COC(=O)CCCCCCCCC(C)CC)OC(=O)CCCCCCCCCCCCCC(C)C)OC(=O)CCCCCCCCCCCCCCCCCC(C)C. The molecule has 0 radical (unpaired) electrons. The molecule has 0 amide bonds. The summed E-state index contributed by atoms with van der Waals surface area (Å²) in [5.41, 5.74) is 0. The summed E-state index contributed by atoms with van der Waals surface area (Å²) in [6.07, 6.45) is 56.9. The number of phosphoric ester groups is 2. The Morgan fingerprint density at radius 2 is 0.520 bits per heavy atom. The van der Waals surface area contributed by atoms with Crippen LogP contribution in [0.25, 0.3) is 0 Å². The number of hydrogen-bond acceptors (Lipinski definition) is 15. The van der Waals surface area contributed by atoms with E-state index < -0.39 is 97.5 Å². The fraction of sp³-hybridized carbons (Fsp3) is 0.949. The van der Waals surface area contributed by atoms with Crippen molar-refractivity contribution in [3.05, 3.63) is 0 Å². The van der Waals surface area contributed by atoms with Gasteiger partial charge in [0.25, 0.3) is 0 Å². The van der Waals surface area contributed by atoms with Crippen molar-refractivity contribution in [2.75, 3.05) is 39.6 Å². The molecule has 3 N–H and O–H groups in total. The minimum Gasteiger partial charge on any atom is -0.462 e. The van der Waals surface area contributed by atoms with E-state index in [1.54, 1.807) is 0 Å². The van der Waals surface area contributed by atoms with Crippen LogP contribution in [0.3, 0.4) is 0 Å². The smallest absolute Gasteiger partial charge is 0.462 e. The maximum absolute atomic E-state index is 13.1. The third-order valence-corrected chi connectivity index (χ3v) is 20.6. The normalized spacial score (nSPS) is 14.3. The molecule has 0 aliphatic heterocycles. The maximum atomic E-state index is 13.1. The lowest BCUT2D eigenvalue weighted by Gasteiger charge is -2.21. The van der Waals surface area contributed by atoms with Gasteiger partial charge in [-0.1, -0.05) is 357 Å². The Bertz CT molecular complexity index is 1910. The first-order valence-electron chi connectivity index (χ1n) is 40.9. The highest BCUT2D eigenvalue weighted by Gasteiger charge is 2.30.